The van der Waals surface area contributed by atoms with E-state index in [0.717, 1.165) is 45.1 Å². The summed E-state index contributed by atoms with van der Waals surface area (Å²) in [5.41, 5.74) is 0.465. The zero-order chi connectivity index (χ0) is 31.5. The lowest BCUT2D eigenvalue weighted by Gasteiger charge is -2.32. The van der Waals surface area contributed by atoms with Crippen molar-refractivity contribution in [1.29, 1.82) is 0 Å². The highest BCUT2D eigenvalue weighted by atomic mass is 19.1. The minimum absolute atomic E-state index is 0.00445. The molecular weight excluding hydrogens is 574 g/mol. The summed E-state index contributed by atoms with van der Waals surface area (Å²) < 4.78 is 37.7. The fourth-order valence-corrected chi connectivity index (χ4v) is 6.45. The van der Waals surface area contributed by atoms with Crippen LogP contribution in [0.3, 0.4) is 0 Å². The summed E-state index contributed by atoms with van der Waals surface area (Å²) in [7, 11) is 2.07. The number of piperidine rings is 1. The molecule has 2 aliphatic rings. The van der Waals surface area contributed by atoms with E-state index in [0.29, 0.717) is 47.2 Å². The SMILES string of the molecule is C#Cc1c(F)ccc2cccc(-c3ncc4c(N5CCCCC(NC(=O)C=C)C5)nc(OC[C@@H]5CCCCN5C)nc4c3F)c12. The van der Waals surface area contributed by atoms with Gasteiger partial charge in [0.15, 0.2) is 5.82 Å². The lowest BCUT2D eigenvalue weighted by atomic mass is 9.96. The number of hydrogen-bond acceptors (Lipinski definition) is 7. The first-order valence-electron chi connectivity index (χ1n) is 15.4. The normalized spacial score (nSPS) is 19.2. The van der Waals surface area contributed by atoms with Gasteiger partial charge in [-0.25, -0.2) is 8.78 Å². The van der Waals surface area contributed by atoms with Gasteiger partial charge in [-0.15, -0.1) is 6.42 Å². The lowest BCUT2D eigenvalue weighted by Crippen LogP contribution is -2.42. The Bertz CT molecular complexity index is 1810. The van der Waals surface area contributed by atoms with E-state index in [2.05, 4.69) is 39.7 Å². The number of likely N-dealkylation sites (N-methyl/N-ethyl adjacent to an activating group) is 1. The van der Waals surface area contributed by atoms with Crippen LogP contribution >= 0.6 is 0 Å². The molecule has 1 amide bonds. The highest BCUT2D eigenvalue weighted by Gasteiger charge is 2.27. The second-order valence-electron chi connectivity index (χ2n) is 11.8. The molecule has 8 nitrogen and oxygen atoms in total. The van der Waals surface area contributed by atoms with Gasteiger partial charge in [-0.3, -0.25) is 9.78 Å². The Hall–Kier alpha value is -4.62. The van der Waals surface area contributed by atoms with Crippen molar-refractivity contribution in [3.63, 3.8) is 0 Å². The third kappa shape index (κ3) is 6.18. The van der Waals surface area contributed by atoms with E-state index in [9.17, 15) is 9.18 Å². The first-order valence-corrected chi connectivity index (χ1v) is 15.4. The second kappa shape index (κ2) is 13.2. The summed E-state index contributed by atoms with van der Waals surface area (Å²) in [6.45, 7) is 6.04. The van der Waals surface area contributed by atoms with Crippen LogP contribution in [-0.2, 0) is 4.79 Å². The van der Waals surface area contributed by atoms with Gasteiger partial charge in [-0.05, 0) is 63.2 Å². The maximum Gasteiger partial charge on any atom is 0.319 e. The Morgan fingerprint density at radius 2 is 1.98 bits per heavy atom. The van der Waals surface area contributed by atoms with Crippen LogP contribution in [0, 0.1) is 24.0 Å². The molecule has 2 fully saturated rings. The molecule has 0 aliphatic carbocycles. The number of likely N-dealkylation sites (tertiary alicyclic amines) is 1. The van der Waals surface area contributed by atoms with Crippen molar-refractivity contribution >= 4 is 33.4 Å². The van der Waals surface area contributed by atoms with Crippen molar-refractivity contribution in [3.8, 4) is 29.6 Å². The third-order valence-corrected chi connectivity index (χ3v) is 8.87. The number of terminal acetylenes is 1. The molecule has 2 aromatic heterocycles. The van der Waals surface area contributed by atoms with E-state index >= 15 is 4.39 Å². The zero-order valence-electron chi connectivity index (χ0n) is 25.4. The first kappa shape index (κ1) is 30.4. The number of carbonyl (C=O) groups excluding carboxylic acids is 1. The van der Waals surface area contributed by atoms with Crippen LogP contribution in [-0.4, -0.2) is 71.1 Å². The van der Waals surface area contributed by atoms with Gasteiger partial charge < -0.3 is 19.9 Å². The highest BCUT2D eigenvalue weighted by molar-refractivity contribution is 6.02. The number of nitrogens with zero attached hydrogens (tertiary/aromatic N) is 5. The number of hydrogen-bond donors (Lipinski definition) is 1. The minimum atomic E-state index is -0.679. The fourth-order valence-electron chi connectivity index (χ4n) is 6.45. The molecule has 0 bridgehead atoms. The number of benzene rings is 2. The van der Waals surface area contributed by atoms with E-state index < -0.39 is 11.6 Å². The Balaban J connectivity index is 1.48. The summed E-state index contributed by atoms with van der Waals surface area (Å²) in [5, 5.41) is 4.50. The van der Waals surface area contributed by atoms with Gasteiger partial charge in [0.1, 0.15) is 29.5 Å². The monoisotopic (exact) mass is 610 g/mol. The van der Waals surface area contributed by atoms with E-state index in [1.807, 2.05) is 4.90 Å². The Kier molecular flexibility index (Phi) is 8.90. The molecule has 0 spiro atoms. The van der Waals surface area contributed by atoms with E-state index in [1.165, 1.54) is 12.1 Å². The van der Waals surface area contributed by atoms with Crippen LogP contribution in [0.2, 0.25) is 0 Å². The summed E-state index contributed by atoms with van der Waals surface area (Å²) in [6.07, 6.45) is 14.3. The molecule has 4 aromatic rings. The second-order valence-corrected chi connectivity index (χ2v) is 11.8. The summed E-state index contributed by atoms with van der Waals surface area (Å²) in [6, 6.07) is 8.28. The van der Waals surface area contributed by atoms with Crippen LogP contribution in [0.5, 0.6) is 6.01 Å². The number of aromatic nitrogens is 3. The van der Waals surface area contributed by atoms with E-state index in [4.69, 9.17) is 16.1 Å². The number of rotatable bonds is 7. The van der Waals surface area contributed by atoms with Gasteiger partial charge in [0, 0.05) is 42.3 Å². The lowest BCUT2D eigenvalue weighted by molar-refractivity contribution is -0.117. The number of carbonyl (C=O) groups is 1. The predicted octanol–water partition coefficient (Wildman–Crippen LogP) is 5.63. The van der Waals surface area contributed by atoms with Crippen LogP contribution in [0.25, 0.3) is 32.9 Å². The van der Waals surface area contributed by atoms with Crippen molar-refractivity contribution in [2.75, 3.05) is 38.2 Å². The molecule has 45 heavy (non-hydrogen) atoms. The number of halogens is 2. The maximum atomic E-state index is 16.7. The first-order chi connectivity index (χ1) is 21.9. The van der Waals surface area contributed by atoms with Crippen molar-refractivity contribution in [2.45, 2.75) is 50.6 Å². The van der Waals surface area contributed by atoms with Crippen molar-refractivity contribution in [3.05, 3.63) is 66.4 Å². The topological polar surface area (TPSA) is 83.5 Å². The quantitative estimate of drug-likeness (QED) is 0.215. The third-order valence-electron chi connectivity index (χ3n) is 8.87. The van der Waals surface area contributed by atoms with Gasteiger partial charge in [0.2, 0.25) is 5.91 Å². The van der Waals surface area contributed by atoms with E-state index in [-0.39, 0.29) is 40.8 Å². The molecule has 2 saturated heterocycles. The average molecular weight is 611 g/mol. The minimum Gasteiger partial charge on any atom is -0.462 e. The molecule has 1 N–H and O–H groups in total. The van der Waals surface area contributed by atoms with Crippen LogP contribution in [0.15, 0.2) is 49.2 Å². The summed E-state index contributed by atoms with van der Waals surface area (Å²) in [5.74, 6) is 1.42. The standard InChI is InChI=1S/C35H36F2N6O2/c1-4-25-28(36)16-15-22-11-10-14-26(30(22)25)32-31(37)33-27(19-38-32)34(43-18-9-6-12-23(20-43)39-29(44)5-2)41-35(40-33)45-21-24-13-7-8-17-42(24)3/h1,5,10-11,14-16,19,23-24H,2,6-9,12-13,17-18,20-21H2,3H3,(H,39,44)/t23?,24-/m0/s1. The van der Waals surface area contributed by atoms with Crippen molar-refractivity contribution in [2.24, 2.45) is 0 Å². The molecule has 4 heterocycles. The average Bonchev–Trinajstić information content (AvgIpc) is 3.29. The molecule has 2 aromatic carbocycles. The van der Waals surface area contributed by atoms with E-state index in [1.54, 1.807) is 30.5 Å². The molecule has 0 radical (unpaired) electrons. The van der Waals surface area contributed by atoms with Crippen LogP contribution in [0.1, 0.15) is 44.1 Å². The Morgan fingerprint density at radius 1 is 1.16 bits per heavy atom. The largest absolute Gasteiger partial charge is 0.462 e. The van der Waals surface area contributed by atoms with Crippen molar-refractivity contribution < 1.29 is 18.3 Å². The van der Waals surface area contributed by atoms with Crippen LogP contribution < -0.4 is 15.0 Å². The summed E-state index contributed by atoms with van der Waals surface area (Å²) in [4.78, 5) is 30.4. The molecule has 10 heteroatoms. The number of fused-ring (bicyclic) bond motifs is 2. The number of pyridine rings is 1. The molecule has 2 aliphatic heterocycles. The van der Waals surface area contributed by atoms with Crippen molar-refractivity contribution in [1.82, 2.24) is 25.2 Å². The molecular formula is C35H36F2N6O2. The smallest absolute Gasteiger partial charge is 0.319 e. The maximum absolute atomic E-state index is 16.7. The Labute approximate surface area is 261 Å². The van der Waals surface area contributed by atoms with Gasteiger partial charge in [0.05, 0.1) is 10.9 Å². The summed E-state index contributed by atoms with van der Waals surface area (Å²) >= 11 is 0. The van der Waals surface area contributed by atoms with Gasteiger partial charge in [-0.1, -0.05) is 43.2 Å². The number of nitrogens with one attached hydrogen (secondary N) is 1. The molecule has 1 unspecified atom stereocenters. The predicted molar refractivity (Wildman–Crippen MR) is 172 cm³/mol. The highest BCUT2D eigenvalue weighted by Crippen LogP contribution is 2.37. The fraction of sp³-hybridized carbons (Fsp3) is 0.371. The molecule has 6 rings (SSSR count). The number of anilines is 1. The Morgan fingerprint density at radius 3 is 2.78 bits per heavy atom. The zero-order valence-corrected chi connectivity index (χ0v) is 25.4. The van der Waals surface area contributed by atoms with Gasteiger partial charge >= 0.3 is 6.01 Å². The van der Waals surface area contributed by atoms with Gasteiger partial charge in [0.25, 0.3) is 0 Å². The molecule has 232 valence electrons. The molecule has 2 atom stereocenters. The number of ether oxygens (including phenoxy) is 1. The number of amides is 1. The van der Waals surface area contributed by atoms with Gasteiger partial charge in [-0.2, -0.15) is 9.97 Å². The van der Waals surface area contributed by atoms with Crippen LogP contribution in [0.4, 0.5) is 14.6 Å². The molecule has 0 saturated carbocycles.